The molecule has 86 valence electrons. The van der Waals surface area contributed by atoms with Crippen LogP contribution in [0.4, 0.5) is 0 Å². The highest BCUT2D eigenvalue weighted by Crippen LogP contribution is 2.32. The zero-order valence-electron chi connectivity index (χ0n) is 8.81. The van der Waals surface area contributed by atoms with Gasteiger partial charge in [-0.15, -0.1) is 16.4 Å². The van der Waals surface area contributed by atoms with Gasteiger partial charge in [-0.2, -0.15) is 0 Å². The summed E-state index contributed by atoms with van der Waals surface area (Å²) in [5.74, 6) is 0. The predicted molar refractivity (Wildman–Crippen MR) is 69.4 cm³/mol. The summed E-state index contributed by atoms with van der Waals surface area (Å²) in [7, 11) is 0. The molecule has 0 aliphatic heterocycles. The highest BCUT2D eigenvalue weighted by molar-refractivity contribution is 7.10. The van der Waals surface area contributed by atoms with Gasteiger partial charge < -0.3 is 5.32 Å². The van der Waals surface area contributed by atoms with Crippen molar-refractivity contribution in [2.75, 3.05) is 6.54 Å². The van der Waals surface area contributed by atoms with Crippen molar-refractivity contribution in [3.05, 3.63) is 32.4 Å². The Hall–Kier alpha value is -0.490. The molecule has 3 nitrogen and oxygen atoms in total. The highest BCUT2D eigenvalue weighted by Gasteiger charge is 2.19. The van der Waals surface area contributed by atoms with E-state index in [0.717, 1.165) is 28.6 Å². The fourth-order valence-electron chi connectivity index (χ4n) is 1.43. The standard InChI is InChI=1S/C10H12ClN3S2/c1-2-4-12-9(8-6-16-14-13-8)10-7(11)3-5-15-10/h3,5-6,9,12H,2,4H2,1H3. The molecule has 0 fully saturated rings. The summed E-state index contributed by atoms with van der Waals surface area (Å²) in [6.07, 6.45) is 1.08. The minimum absolute atomic E-state index is 0.0752. The smallest absolute Gasteiger partial charge is 0.0978 e. The van der Waals surface area contributed by atoms with Gasteiger partial charge in [0.2, 0.25) is 0 Å². The average Bonchev–Trinajstić information content (AvgIpc) is 2.91. The quantitative estimate of drug-likeness (QED) is 0.908. The lowest BCUT2D eigenvalue weighted by molar-refractivity contribution is 0.592. The molecule has 0 saturated heterocycles. The van der Waals surface area contributed by atoms with Gasteiger partial charge in [-0.25, -0.2) is 0 Å². The molecule has 2 aromatic heterocycles. The number of halogens is 1. The fourth-order valence-corrected chi connectivity index (χ4v) is 3.16. The minimum Gasteiger partial charge on any atom is -0.304 e. The van der Waals surface area contributed by atoms with Gasteiger partial charge >= 0.3 is 0 Å². The van der Waals surface area contributed by atoms with E-state index in [2.05, 4.69) is 21.8 Å². The van der Waals surface area contributed by atoms with E-state index >= 15 is 0 Å². The molecule has 1 unspecified atom stereocenters. The van der Waals surface area contributed by atoms with E-state index in [9.17, 15) is 0 Å². The first kappa shape index (κ1) is 12.0. The van der Waals surface area contributed by atoms with Crippen LogP contribution in [0.3, 0.4) is 0 Å². The molecule has 1 N–H and O–H groups in total. The van der Waals surface area contributed by atoms with Gasteiger partial charge in [-0.05, 0) is 35.9 Å². The first-order valence-corrected chi connectivity index (χ1v) is 7.15. The zero-order valence-corrected chi connectivity index (χ0v) is 11.2. The molecule has 0 aromatic carbocycles. The van der Waals surface area contributed by atoms with Crippen molar-refractivity contribution >= 4 is 34.5 Å². The monoisotopic (exact) mass is 273 g/mol. The van der Waals surface area contributed by atoms with E-state index in [1.807, 2.05) is 16.8 Å². The van der Waals surface area contributed by atoms with Crippen LogP contribution in [-0.4, -0.2) is 16.1 Å². The Morgan fingerprint density at radius 2 is 2.44 bits per heavy atom. The average molecular weight is 274 g/mol. The molecule has 0 amide bonds. The summed E-state index contributed by atoms with van der Waals surface area (Å²) in [6.45, 7) is 3.08. The second-order valence-electron chi connectivity index (χ2n) is 3.35. The van der Waals surface area contributed by atoms with Crippen molar-refractivity contribution in [3.8, 4) is 0 Å². The number of thiophene rings is 1. The van der Waals surface area contributed by atoms with E-state index in [1.54, 1.807) is 11.3 Å². The van der Waals surface area contributed by atoms with Gasteiger partial charge in [-0.1, -0.05) is 23.0 Å². The first-order valence-electron chi connectivity index (χ1n) is 5.06. The molecular weight excluding hydrogens is 262 g/mol. The van der Waals surface area contributed by atoms with Crippen LogP contribution in [0.2, 0.25) is 5.02 Å². The lowest BCUT2D eigenvalue weighted by atomic mass is 10.2. The van der Waals surface area contributed by atoms with Crippen LogP contribution in [0.15, 0.2) is 16.8 Å². The second-order valence-corrected chi connectivity index (χ2v) is 5.31. The number of aromatic nitrogens is 2. The molecule has 2 aromatic rings. The Kier molecular flexibility index (Phi) is 4.29. The lowest BCUT2D eigenvalue weighted by Gasteiger charge is -2.14. The van der Waals surface area contributed by atoms with Crippen LogP contribution in [0.25, 0.3) is 0 Å². The van der Waals surface area contributed by atoms with Crippen molar-refractivity contribution in [1.29, 1.82) is 0 Å². The van der Waals surface area contributed by atoms with Crippen LogP contribution >= 0.6 is 34.5 Å². The molecule has 2 rings (SSSR count). The van der Waals surface area contributed by atoms with Crippen molar-refractivity contribution in [3.63, 3.8) is 0 Å². The number of hydrogen-bond acceptors (Lipinski definition) is 5. The Balaban J connectivity index is 2.25. The molecule has 1 atom stereocenters. The van der Waals surface area contributed by atoms with E-state index in [4.69, 9.17) is 11.6 Å². The van der Waals surface area contributed by atoms with Crippen LogP contribution < -0.4 is 5.32 Å². The van der Waals surface area contributed by atoms with Crippen LogP contribution in [0.1, 0.15) is 30.0 Å². The van der Waals surface area contributed by atoms with E-state index in [-0.39, 0.29) is 6.04 Å². The summed E-state index contributed by atoms with van der Waals surface area (Å²) in [4.78, 5) is 1.11. The third kappa shape index (κ3) is 2.60. The van der Waals surface area contributed by atoms with Crippen molar-refractivity contribution in [2.45, 2.75) is 19.4 Å². The number of nitrogens with zero attached hydrogens (tertiary/aromatic N) is 2. The Morgan fingerprint density at radius 3 is 3.00 bits per heavy atom. The minimum atomic E-state index is 0.0752. The van der Waals surface area contributed by atoms with E-state index in [0.29, 0.717) is 0 Å². The predicted octanol–water partition coefficient (Wildman–Crippen LogP) is 3.34. The molecule has 0 saturated carbocycles. The summed E-state index contributed by atoms with van der Waals surface area (Å²) in [5.41, 5.74) is 0.947. The topological polar surface area (TPSA) is 37.8 Å². The Bertz CT molecular complexity index is 427. The molecule has 6 heteroatoms. The molecule has 0 bridgehead atoms. The summed E-state index contributed by atoms with van der Waals surface area (Å²) in [6, 6.07) is 1.99. The van der Waals surface area contributed by atoms with Gasteiger partial charge in [-0.3, -0.25) is 0 Å². The fraction of sp³-hybridized carbons (Fsp3) is 0.400. The lowest BCUT2D eigenvalue weighted by Crippen LogP contribution is -2.23. The molecule has 0 spiro atoms. The maximum Gasteiger partial charge on any atom is 0.0978 e. The summed E-state index contributed by atoms with van der Waals surface area (Å²) < 4.78 is 3.90. The van der Waals surface area contributed by atoms with Gasteiger partial charge in [0.15, 0.2) is 0 Å². The highest BCUT2D eigenvalue weighted by atomic mass is 35.5. The molecule has 2 heterocycles. The zero-order chi connectivity index (χ0) is 11.4. The maximum absolute atomic E-state index is 6.16. The molecule has 0 aliphatic carbocycles. The van der Waals surface area contributed by atoms with Gasteiger partial charge in [0.25, 0.3) is 0 Å². The number of hydrogen-bond donors (Lipinski definition) is 1. The van der Waals surface area contributed by atoms with Crippen LogP contribution in [0, 0.1) is 0 Å². The summed E-state index contributed by atoms with van der Waals surface area (Å²) >= 11 is 9.17. The van der Waals surface area contributed by atoms with Crippen molar-refractivity contribution < 1.29 is 0 Å². The largest absolute Gasteiger partial charge is 0.304 e. The second kappa shape index (κ2) is 5.72. The third-order valence-electron chi connectivity index (χ3n) is 2.18. The van der Waals surface area contributed by atoms with E-state index < -0.39 is 0 Å². The summed E-state index contributed by atoms with van der Waals surface area (Å²) in [5, 5.41) is 12.3. The van der Waals surface area contributed by atoms with Crippen LogP contribution in [0.5, 0.6) is 0 Å². The van der Waals surface area contributed by atoms with Crippen molar-refractivity contribution in [1.82, 2.24) is 14.9 Å². The molecule has 0 radical (unpaired) electrons. The van der Waals surface area contributed by atoms with Crippen LogP contribution in [-0.2, 0) is 0 Å². The number of rotatable bonds is 5. The Morgan fingerprint density at radius 1 is 1.56 bits per heavy atom. The SMILES string of the molecule is CCCNC(c1csnn1)c1sccc1Cl. The number of nitrogens with one attached hydrogen (secondary N) is 1. The Labute approximate surface area is 108 Å². The van der Waals surface area contributed by atoms with E-state index in [1.165, 1.54) is 11.5 Å². The molecule has 0 aliphatic rings. The van der Waals surface area contributed by atoms with Gasteiger partial charge in [0.05, 0.1) is 16.8 Å². The normalized spacial score (nSPS) is 12.9. The molecular formula is C10H12ClN3S2. The molecule has 16 heavy (non-hydrogen) atoms. The van der Waals surface area contributed by atoms with Gasteiger partial charge in [0.1, 0.15) is 0 Å². The maximum atomic E-state index is 6.16. The first-order chi connectivity index (χ1) is 7.83. The third-order valence-corrected chi connectivity index (χ3v) is 4.12. The van der Waals surface area contributed by atoms with Gasteiger partial charge in [0, 0.05) is 10.3 Å². The van der Waals surface area contributed by atoms with Crippen molar-refractivity contribution in [2.24, 2.45) is 0 Å².